The maximum absolute atomic E-state index is 5.22. The average molecular weight is 510 g/mol. The summed E-state index contributed by atoms with van der Waals surface area (Å²) in [5, 5.41) is 5.22. The SMILES string of the molecule is CC(C)(C)c1cc(N(C2=C(c3ccccc3)CCC2c2ccccc2)c2ccccc2)n(-c2ccccc2)n1. The third kappa shape index (κ3) is 4.93. The summed E-state index contributed by atoms with van der Waals surface area (Å²) in [6, 6.07) is 45.5. The maximum atomic E-state index is 5.22. The Balaban J connectivity index is 1.66. The molecule has 3 nitrogen and oxygen atoms in total. The van der Waals surface area contributed by atoms with Crippen molar-refractivity contribution in [1.82, 2.24) is 9.78 Å². The maximum Gasteiger partial charge on any atom is 0.141 e. The van der Waals surface area contributed by atoms with Gasteiger partial charge in [0, 0.05) is 28.8 Å². The number of allylic oxidation sites excluding steroid dienone is 2. The lowest BCUT2D eigenvalue weighted by atomic mass is 9.92. The topological polar surface area (TPSA) is 21.1 Å². The minimum absolute atomic E-state index is 0.0950. The summed E-state index contributed by atoms with van der Waals surface area (Å²) in [6.07, 6.45) is 2.09. The van der Waals surface area contributed by atoms with Crippen LogP contribution in [0.25, 0.3) is 11.3 Å². The third-order valence-electron chi connectivity index (χ3n) is 7.59. The van der Waals surface area contributed by atoms with Gasteiger partial charge < -0.3 is 0 Å². The predicted molar refractivity (Wildman–Crippen MR) is 163 cm³/mol. The Morgan fingerprint density at radius 3 is 1.90 bits per heavy atom. The number of benzene rings is 4. The monoisotopic (exact) mass is 509 g/mol. The second-order valence-electron chi connectivity index (χ2n) is 11.3. The highest BCUT2D eigenvalue weighted by atomic mass is 15.4. The van der Waals surface area contributed by atoms with Crippen molar-refractivity contribution in [1.29, 1.82) is 0 Å². The van der Waals surface area contributed by atoms with Gasteiger partial charge in [-0.25, -0.2) is 4.68 Å². The van der Waals surface area contributed by atoms with Crippen molar-refractivity contribution < 1.29 is 0 Å². The number of para-hydroxylation sites is 2. The summed E-state index contributed by atoms with van der Waals surface area (Å²) in [4.78, 5) is 2.47. The zero-order valence-electron chi connectivity index (χ0n) is 23.0. The first-order chi connectivity index (χ1) is 19.0. The van der Waals surface area contributed by atoms with E-state index in [1.54, 1.807) is 0 Å². The Labute approximate surface area is 232 Å². The molecule has 0 bridgehead atoms. The Kier molecular flexibility index (Phi) is 6.66. The standard InChI is InChI=1S/C36H35N3/c1-36(2,3)33-26-34(39(37-33)30-22-14-7-15-23-30)38(29-20-12-6-13-21-29)35-31(27-16-8-4-9-17-27)24-25-32(35)28-18-10-5-11-19-28/h4-23,26,31H,24-25H2,1-3H3. The van der Waals surface area contributed by atoms with Crippen molar-refractivity contribution >= 4 is 17.1 Å². The molecule has 0 spiro atoms. The van der Waals surface area contributed by atoms with E-state index < -0.39 is 0 Å². The van der Waals surface area contributed by atoms with Crippen molar-refractivity contribution in [3.63, 3.8) is 0 Å². The van der Waals surface area contributed by atoms with Crippen molar-refractivity contribution in [2.45, 2.75) is 44.9 Å². The molecule has 5 aromatic rings. The molecule has 39 heavy (non-hydrogen) atoms. The molecule has 1 unspecified atom stereocenters. The Morgan fingerprint density at radius 2 is 1.28 bits per heavy atom. The van der Waals surface area contributed by atoms with Gasteiger partial charge in [-0.1, -0.05) is 118 Å². The molecule has 1 aliphatic carbocycles. The quantitative estimate of drug-likeness (QED) is 0.227. The van der Waals surface area contributed by atoms with Crippen molar-refractivity contribution in [2.75, 3.05) is 4.90 Å². The summed E-state index contributed by atoms with van der Waals surface area (Å²) >= 11 is 0. The second-order valence-corrected chi connectivity index (χ2v) is 11.3. The molecule has 6 rings (SSSR count). The number of hydrogen-bond donors (Lipinski definition) is 0. The molecule has 0 fully saturated rings. The number of hydrogen-bond acceptors (Lipinski definition) is 2. The lowest BCUT2D eigenvalue weighted by molar-refractivity contribution is 0.560. The Morgan fingerprint density at radius 1 is 0.718 bits per heavy atom. The average Bonchev–Trinajstić information content (AvgIpc) is 3.61. The van der Waals surface area contributed by atoms with Crippen LogP contribution in [0.4, 0.5) is 11.5 Å². The lowest BCUT2D eigenvalue weighted by Crippen LogP contribution is -2.23. The van der Waals surface area contributed by atoms with Gasteiger partial charge in [-0.2, -0.15) is 5.10 Å². The second kappa shape index (κ2) is 10.4. The molecule has 0 radical (unpaired) electrons. The fraction of sp³-hybridized carbons (Fsp3) is 0.194. The van der Waals surface area contributed by atoms with Crippen LogP contribution < -0.4 is 4.90 Å². The van der Waals surface area contributed by atoms with Crippen molar-refractivity contribution in [3.05, 3.63) is 150 Å². The van der Waals surface area contributed by atoms with E-state index in [4.69, 9.17) is 5.10 Å². The predicted octanol–water partition coefficient (Wildman–Crippen LogP) is 9.30. The molecule has 1 aromatic heterocycles. The van der Waals surface area contributed by atoms with Gasteiger partial charge in [0.25, 0.3) is 0 Å². The fourth-order valence-electron chi connectivity index (χ4n) is 5.62. The van der Waals surface area contributed by atoms with E-state index in [1.165, 1.54) is 22.4 Å². The molecule has 0 saturated heterocycles. The summed E-state index contributed by atoms with van der Waals surface area (Å²) in [6.45, 7) is 6.70. The molecule has 1 heterocycles. The zero-order valence-corrected chi connectivity index (χ0v) is 23.0. The van der Waals surface area contributed by atoms with E-state index >= 15 is 0 Å². The van der Waals surface area contributed by atoms with Crippen molar-refractivity contribution in [3.8, 4) is 5.69 Å². The molecule has 1 aliphatic rings. The highest BCUT2D eigenvalue weighted by Crippen LogP contribution is 2.49. The van der Waals surface area contributed by atoms with Gasteiger partial charge in [0.1, 0.15) is 5.82 Å². The van der Waals surface area contributed by atoms with Crippen LogP contribution in [-0.2, 0) is 5.41 Å². The summed E-state index contributed by atoms with van der Waals surface area (Å²) < 4.78 is 2.13. The van der Waals surface area contributed by atoms with Gasteiger partial charge in [-0.05, 0) is 53.8 Å². The van der Waals surface area contributed by atoms with Crippen LogP contribution in [0.1, 0.15) is 56.4 Å². The first-order valence-electron chi connectivity index (χ1n) is 13.9. The van der Waals surface area contributed by atoms with Crippen LogP contribution >= 0.6 is 0 Å². The van der Waals surface area contributed by atoms with Crippen LogP contribution in [-0.4, -0.2) is 9.78 Å². The first kappa shape index (κ1) is 24.9. The number of rotatable bonds is 6. The normalized spacial score (nSPS) is 15.5. The molecule has 0 saturated carbocycles. The molecule has 194 valence electrons. The minimum Gasteiger partial charge on any atom is -0.298 e. The molecule has 1 atom stereocenters. The van der Waals surface area contributed by atoms with Crippen LogP contribution in [0.2, 0.25) is 0 Å². The van der Waals surface area contributed by atoms with E-state index in [0.717, 1.165) is 35.7 Å². The van der Waals surface area contributed by atoms with E-state index in [1.807, 2.05) is 0 Å². The minimum atomic E-state index is -0.0950. The smallest absolute Gasteiger partial charge is 0.141 e. The highest BCUT2D eigenvalue weighted by Gasteiger charge is 2.35. The number of aromatic nitrogens is 2. The molecule has 3 heteroatoms. The number of anilines is 2. The van der Waals surface area contributed by atoms with E-state index in [9.17, 15) is 0 Å². The van der Waals surface area contributed by atoms with Gasteiger partial charge >= 0.3 is 0 Å². The lowest BCUT2D eigenvalue weighted by Gasteiger charge is -2.32. The van der Waals surface area contributed by atoms with Crippen LogP contribution in [0.5, 0.6) is 0 Å². The van der Waals surface area contributed by atoms with E-state index in [0.29, 0.717) is 0 Å². The van der Waals surface area contributed by atoms with Gasteiger partial charge in [0.2, 0.25) is 0 Å². The van der Waals surface area contributed by atoms with Gasteiger partial charge in [0.15, 0.2) is 0 Å². The largest absolute Gasteiger partial charge is 0.298 e. The zero-order chi connectivity index (χ0) is 26.8. The first-order valence-corrected chi connectivity index (χ1v) is 13.9. The van der Waals surface area contributed by atoms with Crippen LogP contribution in [0.15, 0.2) is 133 Å². The molecule has 0 aliphatic heterocycles. The fourth-order valence-corrected chi connectivity index (χ4v) is 5.62. The highest BCUT2D eigenvalue weighted by molar-refractivity contribution is 5.82. The Bertz CT molecular complexity index is 1560. The van der Waals surface area contributed by atoms with Gasteiger partial charge in [-0.3, -0.25) is 4.90 Å². The number of nitrogens with zero attached hydrogens (tertiary/aromatic N) is 3. The molecule has 0 N–H and O–H groups in total. The van der Waals surface area contributed by atoms with Gasteiger partial charge in [0.05, 0.1) is 11.4 Å². The van der Waals surface area contributed by atoms with Crippen LogP contribution in [0.3, 0.4) is 0 Å². The van der Waals surface area contributed by atoms with Crippen LogP contribution in [0, 0.1) is 0 Å². The van der Waals surface area contributed by atoms with Gasteiger partial charge in [-0.15, -0.1) is 0 Å². The van der Waals surface area contributed by atoms with E-state index in [-0.39, 0.29) is 11.3 Å². The molecular weight excluding hydrogens is 474 g/mol. The summed E-state index contributed by atoms with van der Waals surface area (Å²) in [7, 11) is 0. The summed E-state index contributed by atoms with van der Waals surface area (Å²) in [5.74, 6) is 1.32. The molecule has 4 aromatic carbocycles. The molecular formula is C36H35N3. The van der Waals surface area contributed by atoms with E-state index in [2.05, 4.69) is 158 Å². The summed E-state index contributed by atoms with van der Waals surface area (Å²) in [5.41, 5.74) is 8.53. The van der Waals surface area contributed by atoms with Crippen molar-refractivity contribution in [2.24, 2.45) is 0 Å². The third-order valence-corrected chi connectivity index (χ3v) is 7.59. The molecule has 0 amide bonds. The Hall–Kier alpha value is -4.37.